The van der Waals surface area contributed by atoms with Crippen LogP contribution >= 0.6 is 11.8 Å². The van der Waals surface area contributed by atoms with Gasteiger partial charge in [0.25, 0.3) is 0 Å². The van der Waals surface area contributed by atoms with E-state index >= 15 is 0 Å². The van der Waals surface area contributed by atoms with Crippen molar-refractivity contribution in [3.05, 3.63) is 30.2 Å². The van der Waals surface area contributed by atoms with Gasteiger partial charge in [0, 0.05) is 13.2 Å². The normalized spacial score (nSPS) is 11.0. The SMILES string of the molecule is CC(C)Oc1cccnc1Sc1ncc(CO)n1C. The third kappa shape index (κ3) is 3.27. The monoisotopic (exact) mass is 279 g/mol. The summed E-state index contributed by atoms with van der Waals surface area (Å²) in [6, 6.07) is 3.74. The molecular weight excluding hydrogens is 262 g/mol. The zero-order valence-corrected chi connectivity index (χ0v) is 12.0. The van der Waals surface area contributed by atoms with Crippen molar-refractivity contribution in [3.8, 4) is 5.75 Å². The van der Waals surface area contributed by atoms with Crippen LogP contribution in [0.15, 0.2) is 34.7 Å². The molecule has 0 aliphatic heterocycles. The van der Waals surface area contributed by atoms with E-state index in [1.807, 2.05) is 37.6 Å². The van der Waals surface area contributed by atoms with Gasteiger partial charge in [0.05, 0.1) is 24.6 Å². The number of ether oxygens (including phenoxy) is 1. The van der Waals surface area contributed by atoms with Gasteiger partial charge in [0.2, 0.25) is 0 Å². The molecule has 0 saturated carbocycles. The molecule has 0 aliphatic rings. The molecular formula is C13H17N3O2S. The molecule has 0 spiro atoms. The lowest BCUT2D eigenvalue weighted by Crippen LogP contribution is -2.07. The minimum absolute atomic E-state index is 0.0262. The minimum atomic E-state index is -0.0262. The molecule has 0 fully saturated rings. The molecule has 0 amide bonds. The second-order valence-corrected chi connectivity index (χ2v) is 5.28. The van der Waals surface area contributed by atoms with Gasteiger partial charge in [0.1, 0.15) is 5.03 Å². The summed E-state index contributed by atoms with van der Waals surface area (Å²) in [6.45, 7) is 3.93. The molecule has 0 aromatic carbocycles. The van der Waals surface area contributed by atoms with Crippen LogP contribution in [0.2, 0.25) is 0 Å². The van der Waals surface area contributed by atoms with Crippen molar-refractivity contribution in [1.29, 1.82) is 0 Å². The maximum absolute atomic E-state index is 9.16. The van der Waals surface area contributed by atoms with Gasteiger partial charge in [0.15, 0.2) is 10.9 Å². The number of imidazole rings is 1. The Bertz CT molecular complexity index is 555. The van der Waals surface area contributed by atoms with Crippen molar-refractivity contribution in [1.82, 2.24) is 14.5 Å². The summed E-state index contributed by atoms with van der Waals surface area (Å²) in [4.78, 5) is 8.60. The standard InChI is InChI=1S/C13H17N3O2S/c1-9(2)18-11-5-4-6-14-12(11)19-13-15-7-10(8-17)16(13)3/h4-7,9,17H,8H2,1-3H3. The highest BCUT2D eigenvalue weighted by Crippen LogP contribution is 2.32. The van der Waals surface area contributed by atoms with Crippen LogP contribution < -0.4 is 4.74 Å². The van der Waals surface area contributed by atoms with E-state index in [1.165, 1.54) is 11.8 Å². The van der Waals surface area contributed by atoms with E-state index in [9.17, 15) is 0 Å². The van der Waals surface area contributed by atoms with Crippen molar-refractivity contribution in [2.45, 2.75) is 36.7 Å². The average molecular weight is 279 g/mol. The number of rotatable bonds is 5. The fraction of sp³-hybridized carbons (Fsp3) is 0.385. The minimum Gasteiger partial charge on any atom is -0.488 e. The van der Waals surface area contributed by atoms with E-state index in [-0.39, 0.29) is 12.7 Å². The lowest BCUT2D eigenvalue weighted by atomic mass is 10.4. The molecule has 0 atom stereocenters. The highest BCUT2D eigenvalue weighted by Gasteiger charge is 2.13. The van der Waals surface area contributed by atoms with Gasteiger partial charge in [-0.15, -0.1) is 0 Å². The van der Waals surface area contributed by atoms with Gasteiger partial charge in [-0.3, -0.25) is 0 Å². The molecule has 6 heteroatoms. The molecule has 19 heavy (non-hydrogen) atoms. The maximum Gasteiger partial charge on any atom is 0.174 e. The molecule has 0 unspecified atom stereocenters. The van der Waals surface area contributed by atoms with Crippen LogP contribution in [0, 0.1) is 0 Å². The predicted octanol–water partition coefficient (Wildman–Crippen LogP) is 2.25. The summed E-state index contributed by atoms with van der Waals surface area (Å²) >= 11 is 1.42. The van der Waals surface area contributed by atoms with Crippen LogP contribution in [0.25, 0.3) is 0 Å². The van der Waals surface area contributed by atoms with Crippen LogP contribution in [0.5, 0.6) is 5.75 Å². The first-order valence-electron chi connectivity index (χ1n) is 6.02. The zero-order chi connectivity index (χ0) is 13.8. The largest absolute Gasteiger partial charge is 0.488 e. The molecule has 1 N–H and O–H groups in total. The molecule has 2 rings (SSSR count). The average Bonchev–Trinajstić information content (AvgIpc) is 2.72. The van der Waals surface area contributed by atoms with Crippen LogP contribution in [0.4, 0.5) is 0 Å². The highest BCUT2D eigenvalue weighted by molar-refractivity contribution is 7.99. The van der Waals surface area contributed by atoms with Gasteiger partial charge >= 0.3 is 0 Å². The van der Waals surface area contributed by atoms with E-state index in [2.05, 4.69) is 9.97 Å². The summed E-state index contributed by atoms with van der Waals surface area (Å²) in [5, 5.41) is 10.7. The van der Waals surface area contributed by atoms with Gasteiger partial charge in [-0.2, -0.15) is 0 Å². The van der Waals surface area contributed by atoms with Gasteiger partial charge in [-0.05, 0) is 37.7 Å². The Morgan fingerprint density at radius 3 is 2.84 bits per heavy atom. The fourth-order valence-electron chi connectivity index (χ4n) is 1.55. The second-order valence-electron chi connectivity index (χ2n) is 4.32. The first kappa shape index (κ1) is 13.9. The number of aliphatic hydroxyl groups excluding tert-OH is 1. The Balaban J connectivity index is 2.25. The molecule has 0 bridgehead atoms. The molecule has 0 aliphatic carbocycles. The number of aromatic nitrogens is 3. The molecule has 2 aromatic heterocycles. The molecule has 2 heterocycles. The highest BCUT2D eigenvalue weighted by atomic mass is 32.2. The number of pyridine rings is 1. The fourth-order valence-corrected chi connectivity index (χ4v) is 2.41. The van der Waals surface area contributed by atoms with Crippen LogP contribution in [-0.2, 0) is 13.7 Å². The summed E-state index contributed by atoms with van der Waals surface area (Å²) in [5.41, 5.74) is 0.768. The summed E-state index contributed by atoms with van der Waals surface area (Å²) in [5.74, 6) is 0.746. The predicted molar refractivity (Wildman–Crippen MR) is 73.3 cm³/mol. The van der Waals surface area contributed by atoms with E-state index in [4.69, 9.17) is 9.84 Å². The first-order chi connectivity index (χ1) is 9.11. The van der Waals surface area contributed by atoms with Crippen molar-refractivity contribution in [3.63, 3.8) is 0 Å². The van der Waals surface area contributed by atoms with Crippen LogP contribution in [-0.4, -0.2) is 25.7 Å². The Morgan fingerprint density at radius 1 is 1.42 bits per heavy atom. The lowest BCUT2D eigenvalue weighted by Gasteiger charge is -2.12. The van der Waals surface area contributed by atoms with E-state index < -0.39 is 0 Å². The van der Waals surface area contributed by atoms with Crippen LogP contribution in [0.1, 0.15) is 19.5 Å². The Morgan fingerprint density at radius 2 is 2.21 bits per heavy atom. The summed E-state index contributed by atoms with van der Waals surface area (Å²) < 4.78 is 7.57. The Hall–Kier alpha value is -1.53. The molecule has 102 valence electrons. The van der Waals surface area contributed by atoms with Gasteiger partial charge in [-0.25, -0.2) is 9.97 Å². The number of hydrogen-bond acceptors (Lipinski definition) is 5. The van der Waals surface area contributed by atoms with Crippen LogP contribution in [0.3, 0.4) is 0 Å². The summed E-state index contributed by atoms with van der Waals surface area (Å²) in [7, 11) is 1.87. The summed E-state index contributed by atoms with van der Waals surface area (Å²) in [6.07, 6.45) is 3.48. The van der Waals surface area contributed by atoms with Crippen molar-refractivity contribution in [2.24, 2.45) is 7.05 Å². The van der Waals surface area contributed by atoms with E-state index in [0.717, 1.165) is 21.6 Å². The molecule has 0 saturated heterocycles. The number of aliphatic hydroxyl groups is 1. The molecule has 0 radical (unpaired) electrons. The quantitative estimate of drug-likeness (QED) is 0.909. The molecule has 2 aromatic rings. The third-order valence-electron chi connectivity index (χ3n) is 2.49. The first-order valence-corrected chi connectivity index (χ1v) is 6.84. The third-order valence-corrected chi connectivity index (χ3v) is 3.55. The Labute approximate surface area is 116 Å². The number of hydrogen-bond donors (Lipinski definition) is 1. The van der Waals surface area contributed by atoms with Gasteiger partial charge in [-0.1, -0.05) is 0 Å². The van der Waals surface area contributed by atoms with Crippen molar-refractivity contribution < 1.29 is 9.84 Å². The maximum atomic E-state index is 9.16. The second kappa shape index (κ2) is 6.08. The van der Waals surface area contributed by atoms with Gasteiger partial charge < -0.3 is 14.4 Å². The van der Waals surface area contributed by atoms with Crippen molar-refractivity contribution >= 4 is 11.8 Å². The van der Waals surface area contributed by atoms with E-state index in [1.54, 1.807) is 12.4 Å². The zero-order valence-electron chi connectivity index (χ0n) is 11.2. The smallest absolute Gasteiger partial charge is 0.174 e. The van der Waals surface area contributed by atoms with Crippen molar-refractivity contribution in [2.75, 3.05) is 0 Å². The number of nitrogens with zero attached hydrogens (tertiary/aromatic N) is 3. The van der Waals surface area contributed by atoms with E-state index in [0.29, 0.717) is 0 Å². The lowest BCUT2D eigenvalue weighted by molar-refractivity contribution is 0.234. The Kier molecular flexibility index (Phi) is 4.44. The topological polar surface area (TPSA) is 60.2 Å². The molecule has 5 nitrogen and oxygen atoms in total.